The first-order valence-electron chi connectivity index (χ1n) is 8.45. The third-order valence-corrected chi connectivity index (χ3v) is 6.90. The van der Waals surface area contributed by atoms with Crippen molar-refractivity contribution in [3.63, 3.8) is 0 Å². The molecule has 10 heteroatoms. The Morgan fingerprint density at radius 3 is 2.82 bits per heavy atom. The van der Waals surface area contributed by atoms with Crippen molar-refractivity contribution in [2.45, 2.75) is 18.9 Å². The quantitative estimate of drug-likeness (QED) is 0.540. The Morgan fingerprint density at radius 1 is 1.39 bits per heavy atom. The number of halogens is 1. The summed E-state index contributed by atoms with van der Waals surface area (Å²) in [5.74, 6) is -1.16. The summed E-state index contributed by atoms with van der Waals surface area (Å²) >= 11 is 6.32. The minimum Gasteiger partial charge on any atom is -0.349 e. The number of sulfone groups is 1. The van der Waals surface area contributed by atoms with Crippen molar-refractivity contribution in [2.75, 3.05) is 12.3 Å². The number of carbonyl (C=O) groups excluding carboxylic acids is 2. The normalized spacial score (nSPS) is 22.2. The van der Waals surface area contributed by atoms with Crippen LogP contribution in [0.4, 0.5) is 4.39 Å². The molecule has 1 aromatic rings. The summed E-state index contributed by atoms with van der Waals surface area (Å²) in [6.07, 6.45) is 3.42. The number of thioether (sulfide) groups is 1. The van der Waals surface area contributed by atoms with Gasteiger partial charge in [-0.1, -0.05) is 42.2 Å². The lowest BCUT2D eigenvalue weighted by Gasteiger charge is -2.15. The van der Waals surface area contributed by atoms with Gasteiger partial charge in [-0.2, -0.15) is 0 Å². The molecule has 1 fully saturated rings. The van der Waals surface area contributed by atoms with Crippen LogP contribution in [0.3, 0.4) is 0 Å². The second kappa shape index (κ2) is 8.54. The van der Waals surface area contributed by atoms with Crippen molar-refractivity contribution in [1.82, 2.24) is 10.2 Å². The smallest absolute Gasteiger partial charge is 0.266 e. The van der Waals surface area contributed by atoms with Crippen LogP contribution in [-0.2, 0) is 19.4 Å². The van der Waals surface area contributed by atoms with Crippen LogP contribution in [0.25, 0.3) is 6.08 Å². The van der Waals surface area contributed by atoms with E-state index in [0.717, 1.165) is 17.2 Å². The molecule has 0 radical (unpaired) electrons. The molecule has 0 spiro atoms. The number of amides is 2. The lowest BCUT2D eigenvalue weighted by Crippen LogP contribution is -2.36. The van der Waals surface area contributed by atoms with Crippen molar-refractivity contribution >= 4 is 56.0 Å². The van der Waals surface area contributed by atoms with Gasteiger partial charge in [-0.05, 0) is 24.6 Å². The summed E-state index contributed by atoms with van der Waals surface area (Å²) < 4.78 is 36.8. The molecule has 2 aliphatic heterocycles. The zero-order chi connectivity index (χ0) is 20.3. The molecule has 1 saturated heterocycles. The van der Waals surface area contributed by atoms with Gasteiger partial charge in [0.1, 0.15) is 10.1 Å². The van der Waals surface area contributed by atoms with Crippen LogP contribution in [0.1, 0.15) is 18.4 Å². The van der Waals surface area contributed by atoms with E-state index < -0.39 is 21.7 Å². The summed E-state index contributed by atoms with van der Waals surface area (Å²) in [6.45, 7) is 0.255. The van der Waals surface area contributed by atoms with E-state index in [1.807, 2.05) is 0 Å². The van der Waals surface area contributed by atoms with E-state index in [9.17, 15) is 22.4 Å². The van der Waals surface area contributed by atoms with Gasteiger partial charge >= 0.3 is 0 Å². The maximum absolute atomic E-state index is 13.8. The van der Waals surface area contributed by atoms with Crippen molar-refractivity contribution in [3.05, 3.63) is 52.0 Å². The van der Waals surface area contributed by atoms with Crippen molar-refractivity contribution in [1.29, 1.82) is 0 Å². The standard InChI is InChI=1S/C18H17FN2O4S3/c19-14-5-2-1-4-12(14)10-15-17(23)21(18(26)27-15)8-3-6-16(22)20-13-7-9-28(24,25)11-13/h1-2,4-5,7,9-10,13H,3,6,8,11H2,(H,20,22)/b15-10+/t13-/m0/s1. The Kier molecular flexibility index (Phi) is 6.31. The fraction of sp³-hybridized carbons (Fsp3) is 0.278. The molecule has 2 amide bonds. The second-order valence-electron chi connectivity index (χ2n) is 6.29. The monoisotopic (exact) mass is 440 g/mol. The van der Waals surface area contributed by atoms with Gasteiger partial charge in [-0.3, -0.25) is 14.5 Å². The van der Waals surface area contributed by atoms with E-state index in [4.69, 9.17) is 12.2 Å². The van der Waals surface area contributed by atoms with Crippen molar-refractivity contribution in [2.24, 2.45) is 0 Å². The first-order valence-corrected chi connectivity index (χ1v) is 11.4. The summed E-state index contributed by atoms with van der Waals surface area (Å²) in [6, 6.07) is 5.62. The molecule has 1 atom stereocenters. The largest absolute Gasteiger partial charge is 0.349 e. The minimum atomic E-state index is -3.23. The van der Waals surface area contributed by atoms with Crippen LogP contribution in [0.2, 0.25) is 0 Å². The third-order valence-electron chi connectivity index (χ3n) is 4.13. The lowest BCUT2D eigenvalue weighted by molar-refractivity contribution is -0.124. The van der Waals surface area contributed by atoms with Gasteiger partial charge in [0.25, 0.3) is 5.91 Å². The van der Waals surface area contributed by atoms with E-state index in [1.54, 1.807) is 18.2 Å². The SMILES string of the molecule is O=C(CCCN1C(=O)/C(=C\c2ccccc2F)SC1=S)N[C@H]1C=CS(=O)(=O)C1. The van der Waals surface area contributed by atoms with Gasteiger partial charge in [0, 0.05) is 23.9 Å². The molecule has 6 nitrogen and oxygen atoms in total. The zero-order valence-corrected chi connectivity index (χ0v) is 17.1. The third kappa shape index (κ3) is 5.06. The van der Waals surface area contributed by atoms with E-state index in [0.29, 0.717) is 21.2 Å². The summed E-state index contributed by atoms with van der Waals surface area (Å²) in [5.41, 5.74) is 0.307. The summed E-state index contributed by atoms with van der Waals surface area (Å²) in [4.78, 5) is 26.2. The number of nitrogens with one attached hydrogen (secondary N) is 1. The molecule has 0 unspecified atom stereocenters. The van der Waals surface area contributed by atoms with Gasteiger partial charge in [-0.15, -0.1) is 0 Å². The van der Waals surface area contributed by atoms with Gasteiger partial charge in [-0.25, -0.2) is 12.8 Å². The molecule has 1 N–H and O–H groups in total. The molecule has 28 heavy (non-hydrogen) atoms. The van der Waals surface area contributed by atoms with Crippen LogP contribution >= 0.6 is 24.0 Å². The Bertz CT molecular complexity index is 988. The lowest BCUT2D eigenvalue weighted by atomic mass is 10.2. The molecule has 3 rings (SSSR count). The molecule has 2 heterocycles. The van der Waals surface area contributed by atoms with Gasteiger partial charge in [0.2, 0.25) is 5.91 Å². The number of nitrogens with zero attached hydrogens (tertiary/aromatic N) is 1. The summed E-state index contributed by atoms with van der Waals surface area (Å²) in [5, 5.41) is 3.73. The Labute approximate surface area is 171 Å². The van der Waals surface area contributed by atoms with E-state index in [1.165, 1.54) is 23.1 Å². The number of carbonyl (C=O) groups is 2. The number of rotatable bonds is 6. The summed E-state index contributed by atoms with van der Waals surface area (Å²) in [7, 11) is -3.23. The van der Waals surface area contributed by atoms with Gasteiger partial charge in [0.15, 0.2) is 9.84 Å². The Balaban J connectivity index is 1.52. The molecule has 0 aromatic heterocycles. The van der Waals surface area contributed by atoms with Gasteiger partial charge < -0.3 is 5.32 Å². The maximum atomic E-state index is 13.8. The Hall–Kier alpha value is -2.04. The molecular formula is C18H17FN2O4S3. The second-order valence-corrected chi connectivity index (χ2v) is 9.90. The predicted octanol–water partition coefficient (Wildman–Crippen LogP) is 2.23. The van der Waals surface area contributed by atoms with Crippen molar-refractivity contribution in [3.8, 4) is 0 Å². The van der Waals surface area contributed by atoms with Crippen molar-refractivity contribution < 1.29 is 22.4 Å². The molecule has 2 aliphatic rings. The van der Waals surface area contributed by atoms with Crippen LogP contribution in [0.15, 0.2) is 40.7 Å². The topological polar surface area (TPSA) is 83.6 Å². The van der Waals surface area contributed by atoms with Crippen LogP contribution in [0, 0.1) is 5.82 Å². The van der Waals surface area contributed by atoms with E-state index in [2.05, 4.69) is 5.32 Å². The average Bonchev–Trinajstić information content (AvgIpc) is 3.09. The Morgan fingerprint density at radius 2 is 2.14 bits per heavy atom. The molecule has 0 bridgehead atoms. The predicted molar refractivity (Wildman–Crippen MR) is 110 cm³/mol. The van der Waals surface area contributed by atoms with Gasteiger partial charge in [0.05, 0.1) is 16.7 Å². The highest BCUT2D eigenvalue weighted by atomic mass is 32.2. The highest BCUT2D eigenvalue weighted by Crippen LogP contribution is 2.33. The first-order chi connectivity index (χ1) is 13.2. The fourth-order valence-electron chi connectivity index (χ4n) is 2.77. The highest BCUT2D eigenvalue weighted by molar-refractivity contribution is 8.26. The molecule has 1 aromatic carbocycles. The number of hydrogen-bond donors (Lipinski definition) is 1. The minimum absolute atomic E-state index is 0.131. The molecule has 0 aliphatic carbocycles. The van der Waals surface area contributed by atoms with Crippen LogP contribution < -0.4 is 5.32 Å². The number of hydrogen-bond acceptors (Lipinski definition) is 6. The van der Waals surface area contributed by atoms with Crippen LogP contribution in [0.5, 0.6) is 0 Å². The molecule has 0 saturated carbocycles. The van der Waals surface area contributed by atoms with E-state index in [-0.39, 0.29) is 30.5 Å². The van der Waals surface area contributed by atoms with E-state index >= 15 is 0 Å². The average molecular weight is 441 g/mol. The highest BCUT2D eigenvalue weighted by Gasteiger charge is 2.32. The number of benzene rings is 1. The number of thiocarbonyl (C=S) groups is 1. The van der Waals surface area contributed by atoms with Crippen LogP contribution in [-0.4, -0.2) is 47.8 Å². The first kappa shape index (κ1) is 20.7. The molecule has 148 valence electrons. The zero-order valence-electron chi connectivity index (χ0n) is 14.6. The molecular weight excluding hydrogens is 423 g/mol. The maximum Gasteiger partial charge on any atom is 0.266 e. The fourth-order valence-corrected chi connectivity index (χ4v) is 5.30.